The van der Waals surface area contributed by atoms with Crippen LogP contribution in [0.3, 0.4) is 0 Å². The molecule has 1 aromatic heterocycles. The Morgan fingerprint density at radius 2 is 2.18 bits per heavy atom. The monoisotopic (exact) mass is 295 g/mol. The van der Waals surface area contributed by atoms with Gasteiger partial charge in [0.05, 0.1) is 5.52 Å². The molecule has 5 nitrogen and oxygen atoms in total. The van der Waals surface area contributed by atoms with Crippen LogP contribution in [0.5, 0.6) is 0 Å². The van der Waals surface area contributed by atoms with Crippen molar-refractivity contribution in [1.29, 1.82) is 0 Å². The van der Waals surface area contributed by atoms with E-state index in [-0.39, 0.29) is 11.0 Å². The van der Waals surface area contributed by atoms with Crippen molar-refractivity contribution in [1.82, 2.24) is 10.4 Å². The summed E-state index contributed by atoms with van der Waals surface area (Å²) in [4.78, 5) is 26.3. The molecule has 0 aliphatic heterocycles. The minimum Gasteiger partial charge on any atom is -0.360 e. The smallest absolute Gasteiger partial charge is 0.270 e. The van der Waals surface area contributed by atoms with Gasteiger partial charge in [-0.2, -0.15) is 0 Å². The molecule has 0 saturated heterocycles. The molecule has 2 aromatic rings. The van der Waals surface area contributed by atoms with E-state index in [2.05, 4.69) is 20.9 Å². The van der Waals surface area contributed by atoms with Gasteiger partial charge in [-0.3, -0.25) is 15.0 Å². The molecular weight excluding hydrogens is 286 g/mol. The molecule has 0 unspecified atom stereocenters. The number of aromatic amines is 1. The van der Waals surface area contributed by atoms with Crippen LogP contribution in [0.2, 0.25) is 0 Å². The van der Waals surface area contributed by atoms with Gasteiger partial charge in [-0.25, -0.2) is 5.84 Å². The zero-order valence-corrected chi connectivity index (χ0v) is 10.6. The molecule has 0 radical (unpaired) electrons. The second-order valence-corrected chi connectivity index (χ2v) is 4.45. The first-order valence-electron chi connectivity index (χ1n) is 4.87. The summed E-state index contributed by atoms with van der Waals surface area (Å²) in [5.74, 6) is 4.41. The molecule has 88 valence electrons. The first-order valence-corrected chi connectivity index (χ1v) is 5.67. The number of aromatic nitrogens is 1. The van der Waals surface area contributed by atoms with Crippen LogP contribution in [-0.2, 0) is 0 Å². The highest BCUT2D eigenvalue weighted by atomic mass is 79.9. The standard InChI is InChI=1S/C11H10BrN3O2/c1-5-8(12)3-2-6-9(5)14-4-7(10(6)16)11(17)15-13/h2-4H,13H2,1H3,(H,14,16)(H,15,17). The summed E-state index contributed by atoms with van der Waals surface area (Å²) in [7, 11) is 0. The summed E-state index contributed by atoms with van der Waals surface area (Å²) < 4.78 is 0.900. The van der Waals surface area contributed by atoms with E-state index < -0.39 is 5.91 Å². The van der Waals surface area contributed by atoms with Crippen molar-refractivity contribution in [2.45, 2.75) is 6.92 Å². The molecule has 1 heterocycles. The number of carbonyl (C=O) groups excluding carboxylic acids is 1. The van der Waals surface area contributed by atoms with Crippen LogP contribution < -0.4 is 16.7 Å². The highest BCUT2D eigenvalue weighted by Gasteiger charge is 2.13. The third-order valence-corrected chi connectivity index (χ3v) is 3.48. The van der Waals surface area contributed by atoms with Gasteiger partial charge in [-0.05, 0) is 24.6 Å². The van der Waals surface area contributed by atoms with E-state index in [4.69, 9.17) is 5.84 Å². The van der Waals surface area contributed by atoms with Crippen LogP contribution in [0.25, 0.3) is 10.9 Å². The van der Waals surface area contributed by atoms with E-state index >= 15 is 0 Å². The second kappa shape index (κ2) is 4.31. The van der Waals surface area contributed by atoms with E-state index in [0.29, 0.717) is 10.9 Å². The molecule has 1 aromatic carbocycles. The molecular formula is C11H10BrN3O2. The van der Waals surface area contributed by atoms with Crippen LogP contribution in [-0.4, -0.2) is 10.9 Å². The molecule has 0 aliphatic carbocycles. The quantitative estimate of drug-likeness (QED) is 0.420. The van der Waals surface area contributed by atoms with Crippen molar-refractivity contribution < 1.29 is 4.79 Å². The van der Waals surface area contributed by atoms with Crippen molar-refractivity contribution in [3.63, 3.8) is 0 Å². The number of pyridine rings is 1. The number of hydrogen-bond acceptors (Lipinski definition) is 3. The number of hydrazine groups is 1. The maximum Gasteiger partial charge on any atom is 0.270 e. The average Bonchev–Trinajstić information content (AvgIpc) is 2.33. The Bertz CT molecular complexity index is 664. The fourth-order valence-electron chi connectivity index (χ4n) is 1.66. The Hall–Kier alpha value is -1.66. The van der Waals surface area contributed by atoms with E-state index in [1.54, 1.807) is 12.1 Å². The number of nitrogens with two attached hydrogens (primary N) is 1. The number of carbonyl (C=O) groups is 1. The lowest BCUT2D eigenvalue weighted by Crippen LogP contribution is -2.33. The number of nitrogen functional groups attached to an aromatic ring is 1. The molecule has 0 spiro atoms. The predicted octanol–water partition coefficient (Wildman–Crippen LogP) is 1.20. The van der Waals surface area contributed by atoms with Crippen molar-refractivity contribution in [3.05, 3.63) is 44.2 Å². The Labute approximate surface area is 105 Å². The summed E-state index contributed by atoms with van der Waals surface area (Å²) in [5.41, 5.74) is 3.23. The number of hydrogen-bond donors (Lipinski definition) is 3. The Morgan fingerprint density at radius 3 is 2.82 bits per heavy atom. The number of fused-ring (bicyclic) bond motifs is 1. The maximum absolute atomic E-state index is 12.0. The van der Waals surface area contributed by atoms with Crippen molar-refractivity contribution >= 4 is 32.7 Å². The zero-order chi connectivity index (χ0) is 12.6. The summed E-state index contributed by atoms with van der Waals surface area (Å²) in [5, 5.41) is 0.465. The molecule has 0 bridgehead atoms. The first kappa shape index (κ1) is 11.8. The number of H-pyrrole nitrogens is 1. The predicted molar refractivity (Wildman–Crippen MR) is 68.7 cm³/mol. The highest BCUT2D eigenvalue weighted by Crippen LogP contribution is 2.22. The number of benzene rings is 1. The topological polar surface area (TPSA) is 88.0 Å². The third-order valence-electron chi connectivity index (χ3n) is 2.62. The molecule has 0 aliphatic rings. The highest BCUT2D eigenvalue weighted by molar-refractivity contribution is 9.10. The average molecular weight is 296 g/mol. The summed E-state index contributed by atoms with van der Waals surface area (Å²) >= 11 is 3.38. The lowest BCUT2D eigenvalue weighted by molar-refractivity contribution is 0.0952. The van der Waals surface area contributed by atoms with Crippen LogP contribution in [0.15, 0.2) is 27.6 Å². The number of halogens is 1. The van der Waals surface area contributed by atoms with Crippen LogP contribution >= 0.6 is 15.9 Å². The minimum absolute atomic E-state index is 0.00159. The normalized spacial score (nSPS) is 10.5. The van der Waals surface area contributed by atoms with Crippen LogP contribution in [0.4, 0.5) is 0 Å². The van der Waals surface area contributed by atoms with E-state index in [0.717, 1.165) is 10.0 Å². The van der Waals surface area contributed by atoms with Crippen LogP contribution in [0.1, 0.15) is 15.9 Å². The fourth-order valence-corrected chi connectivity index (χ4v) is 1.99. The lowest BCUT2D eigenvalue weighted by Gasteiger charge is -2.06. The van der Waals surface area contributed by atoms with Crippen molar-refractivity contribution in [2.75, 3.05) is 0 Å². The first-order chi connectivity index (χ1) is 8.06. The molecule has 2 rings (SSSR count). The Kier molecular flexibility index (Phi) is 2.99. The van der Waals surface area contributed by atoms with E-state index in [9.17, 15) is 9.59 Å². The van der Waals surface area contributed by atoms with Gasteiger partial charge in [0.1, 0.15) is 5.56 Å². The van der Waals surface area contributed by atoms with Gasteiger partial charge < -0.3 is 4.98 Å². The Balaban J connectivity index is 2.83. The molecule has 4 N–H and O–H groups in total. The number of amides is 1. The van der Waals surface area contributed by atoms with Gasteiger partial charge in [0.25, 0.3) is 5.91 Å². The van der Waals surface area contributed by atoms with Crippen molar-refractivity contribution in [2.24, 2.45) is 5.84 Å². The van der Waals surface area contributed by atoms with Gasteiger partial charge in [-0.1, -0.05) is 15.9 Å². The van der Waals surface area contributed by atoms with Gasteiger partial charge >= 0.3 is 0 Å². The van der Waals surface area contributed by atoms with Crippen LogP contribution in [0, 0.1) is 6.92 Å². The van der Waals surface area contributed by atoms with Gasteiger partial charge in [0, 0.05) is 16.1 Å². The van der Waals surface area contributed by atoms with Gasteiger partial charge in [0.2, 0.25) is 5.43 Å². The molecule has 0 fully saturated rings. The minimum atomic E-state index is -0.603. The zero-order valence-electron chi connectivity index (χ0n) is 9.00. The fraction of sp³-hybridized carbons (Fsp3) is 0.0909. The molecule has 0 saturated carbocycles. The molecule has 0 atom stereocenters. The Morgan fingerprint density at radius 1 is 1.47 bits per heavy atom. The molecule has 17 heavy (non-hydrogen) atoms. The number of rotatable bonds is 1. The van der Waals surface area contributed by atoms with Crippen molar-refractivity contribution in [3.8, 4) is 0 Å². The van der Waals surface area contributed by atoms with Gasteiger partial charge in [-0.15, -0.1) is 0 Å². The second-order valence-electron chi connectivity index (χ2n) is 3.60. The van der Waals surface area contributed by atoms with E-state index in [1.807, 2.05) is 12.3 Å². The number of aryl methyl sites for hydroxylation is 1. The largest absolute Gasteiger partial charge is 0.360 e. The third kappa shape index (κ3) is 1.85. The maximum atomic E-state index is 12.0. The summed E-state index contributed by atoms with van der Waals surface area (Å²) in [6.07, 6.45) is 1.37. The van der Waals surface area contributed by atoms with E-state index in [1.165, 1.54) is 6.20 Å². The lowest BCUT2D eigenvalue weighted by atomic mass is 10.1. The summed E-state index contributed by atoms with van der Waals surface area (Å²) in [6.45, 7) is 1.88. The number of nitrogens with one attached hydrogen (secondary N) is 2. The SMILES string of the molecule is Cc1c(Br)ccc2c(=O)c(C(=O)NN)c[nH]c12. The van der Waals surface area contributed by atoms with Gasteiger partial charge in [0.15, 0.2) is 0 Å². The molecule has 1 amide bonds. The summed E-state index contributed by atoms with van der Waals surface area (Å²) in [6, 6.07) is 3.44. The molecule has 6 heteroatoms.